The summed E-state index contributed by atoms with van der Waals surface area (Å²) >= 11 is 18.0. The first-order valence-electron chi connectivity index (χ1n) is 9.16. The normalized spacial score (nSPS) is 15.2. The Morgan fingerprint density at radius 3 is 2.48 bits per heavy atom. The van der Waals surface area contributed by atoms with Crippen molar-refractivity contribution in [3.8, 4) is 11.3 Å². The Morgan fingerprint density at radius 2 is 1.76 bits per heavy atom. The van der Waals surface area contributed by atoms with Gasteiger partial charge in [0.25, 0.3) is 11.8 Å². The number of furan rings is 1. The van der Waals surface area contributed by atoms with E-state index in [0.717, 1.165) is 6.08 Å². The van der Waals surface area contributed by atoms with Gasteiger partial charge >= 0.3 is 12.0 Å². The molecule has 0 unspecified atom stereocenters. The number of amides is 4. The maximum atomic E-state index is 13.0. The van der Waals surface area contributed by atoms with Crippen molar-refractivity contribution >= 4 is 70.4 Å². The molecule has 1 saturated heterocycles. The third-order valence-electron chi connectivity index (χ3n) is 4.67. The molecule has 166 valence electrons. The van der Waals surface area contributed by atoms with Crippen molar-refractivity contribution in [1.82, 2.24) is 5.32 Å². The lowest BCUT2D eigenvalue weighted by Gasteiger charge is -2.27. The molecule has 1 aromatic heterocycles. The molecule has 1 fully saturated rings. The number of rotatable bonds is 4. The molecule has 0 radical (unpaired) electrons. The van der Waals surface area contributed by atoms with Crippen LogP contribution in [0.2, 0.25) is 15.1 Å². The summed E-state index contributed by atoms with van der Waals surface area (Å²) in [6, 6.07) is 10.7. The number of nitrogens with one attached hydrogen (secondary N) is 1. The highest BCUT2D eigenvalue weighted by Gasteiger charge is 2.38. The van der Waals surface area contributed by atoms with Crippen molar-refractivity contribution in [2.24, 2.45) is 0 Å². The molecule has 0 saturated carbocycles. The lowest BCUT2D eigenvalue weighted by molar-refractivity contribution is -0.122. The molecule has 8 nitrogen and oxygen atoms in total. The molecular formula is C22H11Cl3N2O6. The lowest BCUT2D eigenvalue weighted by Crippen LogP contribution is -2.54. The fourth-order valence-electron chi connectivity index (χ4n) is 3.11. The van der Waals surface area contributed by atoms with Gasteiger partial charge in [-0.2, -0.15) is 0 Å². The summed E-state index contributed by atoms with van der Waals surface area (Å²) in [7, 11) is 0. The molecule has 0 aliphatic carbocycles. The molecule has 2 aromatic carbocycles. The van der Waals surface area contributed by atoms with Crippen molar-refractivity contribution in [3.63, 3.8) is 0 Å². The van der Waals surface area contributed by atoms with Crippen LogP contribution in [0.15, 0.2) is 58.5 Å². The maximum absolute atomic E-state index is 13.0. The summed E-state index contributed by atoms with van der Waals surface area (Å²) in [6.07, 6.45) is 1.16. The molecule has 0 spiro atoms. The average Bonchev–Trinajstić information content (AvgIpc) is 3.23. The van der Waals surface area contributed by atoms with Gasteiger partial charge in [-0.15, -0.1) is 0 Å². The number of carboxylic acid groups (broad SMARTS) is 1. The molecule has 4 rings (SSSR count). The SMILES string of the molecule is O=C1NC(=O)N(c2cccc(Cl)c2Cl)C(=O)/C1=C\c1ccc(-c2ccc(Cl)c(C(=O)O)c2)o1. The zero-order valence-electron chi connectivity index (χ0n) is 16.3. The summed E-state index contributed by atoms with van der Waals surface area (Å²) in [5.74, 6) is -2.66. The number of hydrogen-bond acceptors (Lipinski definition) is 5. The average molecular weight is 506 g/mol. The minimum atomic E-state index is -1.20. The monoisotopic (exact) mass is 504 g/mol. The van der Waals surface area contributed by atoms with Crippen molar-refractivity contribution in [2.75, 3.05) is 4.90 Å². The van der Waals surface area contributed by atoms with E-state index in [9.17, 15) is 24.3 Å². The maximum Gasteiger partial charge on any atom is 0.337 e. The topological polar surface area (TPSA) is 117 Å². The Balaban J connectivity index is 1.70. The minimum Gasteiger partial charge on any atom is -0.478 e. The van der Waals surface area contributed by atoms with Crippen LogP contribution in [0.1, 0.15) is 16.1 Å². The molecule has 4 amide bonds. The number of hydrogen-bond donors (Lipinski definition) is 2. The van der Waals surface area contributed by atoms with Gasteiger partial charge in [-0.05, 0) is 48.5 Å². The third kappa shape index (κ3) is 4.23. The molecule has 0 atom stereocenters. The number of halogens is 3. The van der Waals surface area contributed by atoms with Crippen molar-refractivity contribution < 1.29 is 28.7 Å². The Labute approximate surface area is 200 Å². The fraction of sp³-hybridized carbons (Fsp3) is 0. The third-order valence-corrected chi connectivity index (χ3v) is 5.81. The predicted molar refractivity (Wildman–Crippen MR) is 122 cm³/mol. The number of urea groups is 1. The summed E-state index contributed by atoms with van der Waals surface area (Å²) in [4.78, 5) is 49.7. The number of carbonyl (C=O) groups is 4. The molecule has 2 N–H and O–H groups in total. The van der Waals surface area contributed by atoms with Crippen LogP contribution in [0.25, 0.3) is 17.4 Å². The van der Waals surface area contributed by atoms with Gasteiger partial charge in [-0.3, -0.25) is 14.9 Å². The van der Waals surface area contributed by atoms with Gasteiger partial charge in [0.2, 0.25) is 0 Å². The minimum absolute atomic E-state index is 0.00700. The Morgan fingerprint density at radius 1 is 1.00 bits per heavy atom. The van der Waals surface area contributed by atoms with Gasteiger partial charge < -0.3 is 9.52 Å². The van der Waals surface area contributed by atoms with Crippen molar-refractivity contribution in [1.29, 1.82) is 0 Å². The van der Waals surface area contributed by atoms with Gasteiger partial charge in [-0.1, -0.05) is 40.9 Å². The number of nitrogens with zero attached hydrogens (tertiary/aromatic N) is 1. The van der Waals surface area contributed by atoms with E-state index in [2.05, 4.69) is 5.32 Å². The molecule has 0 bridgehead atoms. The van der Waals surface area contributed by atoms with Crippen LogP contribution in [0, 0.1) is 0 Å². The van der Waals surface area contributed by atoms with E-state index < -0.39 is 23.8 Å². The van der Waals surface area contributed by atoms with E-state index >= 15 is 0 Å². The van der Waals surface area contributed by atoms with Crippen LogP contribution in [0.4, 0.5) is 10.5 Å². The van der Waals surface area contributed by atoms with E-state index in [1.807, 2.05) is 0 Å². The Kier molecular flexibility index (Phi) is 5.99. The van der Waals surface area contributed by atoms with E-state index in [1.54, 1.807) is 6.07 Å². The summed E-state index contributed by atoms with van der Waals surface area (Å²) in [6.45, 7) is 0. The van der Waals surface area contributed by atoms with E-state index in [-0.39, 0.29) is 43.4 Å². The first kappa shape index (κ1) is 22.6. The molecule has 1 aliphatic rings. The number of anilines is 1. The highest BCUT2D eigenvalue weighted by molar-refractivity contribution is 6.46. The molecule has 11 heteroatoms. The van der Waals surface area contributed by atoms with Crippen LogP contribution in [0.5, 0.6) is 0 Å². The number of carbonyl (C=O) groups excluding carboxylic acids is 3. The van der Waals surface area contributed by atoms with Crippen molar-refractivity contribution in [2.45, 2.75) is 0 Å². The first-order valence-corrected chi connectivity index (χ1v) is 10.3. The number of carboxylic acids is 1. The highest BCUT2D eigenvalue weighted by Crippen LogP contribution is 2.34. The quantitative estimate of drug-likeness (QED) is 0.368. The number of benzene rings is 2. The summed E-state index contributed by atoms with van der Waals surface area (Å²) in [5, 5.41) is 11.5. The summed E-state index contributed by atoms with van der Waals surface area (Å²) < 4.78 is 5.66. The zero-order chi connectivity index (χ0) is 23.9. The van der Waals surface area contributed by atoms with Crippen LogP contribution < -0.4 is 10.2 Å². The van der Waals surface area contributed by atoms with Gasteiger partial charge in [0.15, 0.2) is 0 Å². The fourth-order valence-corrected chi connectivity index (χ4v) is 3.69. The molecule has 33 heavy (non-hydrogen) atoms. The molecule has 2 heterocycles. The number of imide groups is 2. The van der Waals surface area contributed by atoms with Crippen molar-refractivity contribution in [3.05, 3.63) is 80.5 Å². The molecule has 3 aromatic rings. The van der Waals surface area contributed by atoms with Gasteiger partial charge in [0.05, 0.1) is 26.3 Å². The molecule has 1 aliphatic heterocycles. The predicted octanol–water partition coefficient (Wildman–Crippen LogP) is 5.27. The largest absolute Gasteiger partial charge is 0.478 e. The highest BCUT2D eigenvalue weighted by atomic mass is 35.5. The van der Waals surface area contributed by atoms with Gasteiger partial charge in [-0.25, -0.2) is 14.5 Å². The van der Waals surface area contributed by atoms with E-state index in [4.69, 9.17) is 39.2 Å². The second-order valence-corrected chi connectivity index (χ2v) is 7.92. The Hall–Kier alpha value is -3.59. The van der Waals surface area contributed by atoms with Crippen LogP contribution >= 0.6 is 34.8 Å². The number of barbiturate groups is 1. The van der Waals surface area contributed by atoms with Gasteiger partial charge in [0.1, 0.15) is 17.1 Å². The second kappa shape index (κ2) is 8.74. The zero-order valence-corrected chi connectivity index (χ0v) is 18.5. The van der Waals surface area contributed by atoms with Crippen LogP contribution in [-0.4, -0.2) is 28.9 Å². The van der Waals surface area contributed by atoms with Gasteiger partial charge in [0, 0.05) is 5.56 Å². The first-order chi connectivity index (χ1) is 15.7. The summed E-state index contributed by atoms with van der Waals surface area (Å²) in [5.41, 5.74) is -0.0651. The second-order valence-electron chi connectivity index (χ2n) is 6.73. The van der Waals surface area contributed by atoms with Crippen LogP contribution in [-0.2, 0) is 9.59 Å². The lowest BCUT2D eigenvalue weighted by atomic mass is 10.1. The van der Waals surface area contributed by atoms with E-state index in [0.29, 0.717) is 10.5 Å². The van der Waals surface area contributed by atoms with Crippen LogP contribution in [0.3, 0.4) is 0 Å². The molecular weight excluding hydrogens is 495 g/mol. The smallest absolute Gasteiger partial charge is 0.337 e. The standard InChI is InChI=1S/C22H11Cl3N2O6/c23-14-6-4-10(8-12(14)21(30)31)17-7-5-11(33-17)9-13-19(28)26-22(32)27(20(13)29)16-3-1-2-15(24)18(16)25/h1-9H,(H,30,31)(H,26,28,32)/b13-9-. The van der Waals surface area contributed by atoms with E-state index in [1.165, 1.54) is 42.5 Å². The number of aromatic carboxylic acids is 1. The Bertz CT molecular complexity index is 1380.